The quantitative estimate of drug-likeness (QED) is 0.770. The molecule has 0 radical (unpaired) electrons. The number of nitroso groups, excluding NO2 is 1. The van der Waals surface area contributed by atoms with E-state index in [1.807, 2.05) is 0 Å². The topological polar surface area (TPSA) is 49.7 Å². The third kappa shape index (κ3) is 2.22. The van der Waals surface area contributed by atoms with Crippen LogP contribution in [0.15, 0.2) is 5.18 Å². The molecule has 0 heterocycles. The van der Waals surface area contributed by atoms with Gasteiger partial charge in [0.05, 0.1) is 0 Å². The molecule has 2 fully saturated rings. The summed E-state index contributed by atoms with van der Waals surface area (Å²) in [6.07, 6.45) is 7.26. The first kappa shape index (κ1) is 15.9. The minimum Gasteiger partial charge on any atom is -0.396 e. The van der Waals surface area contributed by atoms with Crippen LogP contribution in [-0.4, -0.2) is 17.3 Å². The van der Waals surface area contributed by atoms with E-state index in [4.69, 9.17) is 0 Å². The van der Waals surface area contributed by atoms with Crippen LogP contribution in [0.4, 0.5) is 0 Å². The maximum absolute atomic E-state index is 11.6. The van der Waals surface area contributed by atoms with Crippen LogP contribution in [-0.2, 0) is 0 Å². The Balaban J connectivity index is 2.43. The monoisotopic (exact) mass is 281 g/mol. The highest BCUT2D eigenvalue weighted by Crippen LogP contribution is 2.64. The summed E-state index contributed by atoms with van der Waals surface area (Å²) < 4.78 is 0. The molecule has 3 heteroatoms. The van der Waals surface area contributed by atoms with Crippen molar-refractivity contribution < 1.29 is 5.11 Å². The van der Waals surface area contributed by atoms with Gasteiger partial charge in [-0.2, -0.15) is 4.91 Å². The lowest BCUT2D eigenvalue weighted by Gasteiger charge is -2.61. The van der Waals surface area contributed by atoms with Gasteiger partial charge in [0.25, 0.3) is 0 Å². The van der Waals surface area contributed by atoms with Gasteiger partial charge in [-0.1, -0.05) is 39.3 Å². The van der Waals surface area contributed by atoms with E-state index in [0.717, 1.165) is 25.7 Å². The first-order valence-corrected chi connectivity index (χ1v) is 8.31. The van der Waals surface area contributed by atoms with Crippen molar-refractivity contribution in [3.8, 4) is 0 Å². The molecule has 2 rings (SSSR count). The van der Waals surface area contributed by atoms with Crippen molar-refractivity contribution in [3.05, 3.63) is 4.91 Å². The van der Waals surface area contributed by atoms with Crippen molar-refractivity contribution in [1.29, 1.82) is 0 Å². The molecule has 3 nitrogen and oxygen atoms in total. The van der Waals surface area contributed by atoms with E-state index in [-0.39, 0.29) is 17.9 Å². The second-order valence-electron chi connectivity index (χ2n) is 8.05. The summed E-state index contributed by atoms with van der Waals surface area (Å²) in [6.45, 7) is 9.40. The number of rotatable bonds is 4. The Bertz CT molecular complexity index is 368. The summed E-state index contributed by atoms with van der Waals surface area (Å²) in [6, 6.07) is 0. The SMILES string of the molecule is CC[C@@]1(N=O)CC[C@H]2C(C)(C)CCC[C@@]2(C)[C@@H]1CCO. The summed E-state index contributed by atoms with van der Waals surface area (Å²) in [7, 11) is 0. The minimum atomic E-state index is -0.443. The summed E-state index contributed by atoms with van der Waals surface area (Å²) in [5.74, 6) is 0.891. The van der Waals surface area contributed by atoms with Gasteiger partial charge in [-0.05, 0) is 61.2 Å². The molecular weight excluding hydrogens is 250 g/mol. The zero-order valence-electron chi connectivity index (χ0n) is 13.6. The van der Waals surface area contributed by atoms with Gasteiger partial charge in [-0.3, -0.25) is 0 Å². The zero-order valence-corrected chi connectivity index (χ0v) is 13.6. The van der Waals surface area contributed by atoms with Gasteiger partial charge in [-0.15, -0.1) is 0 Å². The maximum atomic E-state index is 11.6. The minimum absolute atomic E-state index is 0.159. The highest BCUT2D eigenvalue weighted by molar-refractivity contribution is 5.11. The molecule has 2 aliphatic rings. The molecule has 0 aliphatic heterocycles. The fourth-order valence-corrected chi connectivity index (χ4v) is 5.81. The molecule has 0 saturated heterocycles. The molecule has 4 atom stereocenters. The van der Waals surface area contributed by atoms with Crippen LogP contribution in [0, 0.1) is 27.6 Å². The number of hydrogen-bond donors (Lipinski definition) is 1. The van der Waals surface area contributed by atoms with Crippen molar-refractivity contribution in [2.24, 2.45) is 27.8 Å². The lowest BCUT2D eigenvalue weighted by atomic mass is 9.44. The second-order valence-corrected chi connectivity index (χ2v) is 8.05. The summed E-state index contributed by atoms with van der Waals surface area (Å²) >= 11 is 0. The van der Waals surface area contributed by atoms with E-state index in [1.54, 1.807) is 0 Å². The predicted molar refractivity (Wildman–Crippen MR) is 82.5 cm³/mol. The predicted octanol–water partition coefficient (Wildman–Crippen LogP) is 4.53. The van der Waals surface area contributed by atoms with Crippen LogP contribution in [0.1, 0.15) is 72.6 Å². The van der Waals surface area contributed by atoms with Crippen LogP contribution in [0.2, 0.25) is 0 Å². The molecule has 2 aliphatic carbocycles. The van der Waals surface area contributed by atoms with E-state index < -0.39 is 5.54 Å². The molecule has 0 aromatic carbocycles. The van der Waals surface area contributed by atoms with Gasteiger partial charge in [0.1, 0.15) is 5.54 Å². The van der Waals surface area contributed by atoms with Crippen LogP contribution in [0.3, 0.4) is 0 Å². The van der Waals surface area contributed by atoms with E-state index >= 15 is 0 Å². The number of hydrogen-bond acceptors (Lipinski definition) is 3. The molecular formula is C17H31NO2. The Labute approximate surface area is 123 Å². The molecule has 0 unspecified atom stereocenters. The van der Waals surface area contributed by atoms with Gasteiger partial charge in [0, 0.05) is 6.61 Å². The van der Waals surface area contributed by atoms with Gasteiger partial charge in [-0.25, -0.2) is 0 Å². The lowest BCUT2D eigenvalue weighted by molar-refractivity contribution is -0.112. The first-order chi connectivity index (χ1) is 9.36. The van der Waals surface area contributed by atoms with E-state index in [9.17, 15) is 10.0 Å². The third-order valence-corrected chi connectivity index (χ3v) is 6.80. The van der Waals surface area contributed by atoms with E-state index in [0.29, 0.717) is 11.3 Å². The fourth-order valence-electron chi connectivity index (χ4n) is 5.81. The Morgan fingerprint density at radius 3 is 2.45 bits per heavy atom. The van der Waals surface area contributed by atoms with Gasteiger partial charge in [0.15, 0.2) is 0 Å². The third-order valence-electron chi connectivity index (χ3n) is 6.80. The van der Waals surface area contributed by atoms with Crippen molar-refractivity contribution in [2.75, 3.05) is 6.61 Å². The molecule has 0 spiro atoms. The number of fused-ring (bicyclic) bond motifs is 1. The largest absolute Gasteiger partial charge is 0.396 e. The molecule has 0 bridgehead atoms. The standard InChI is InChI=1S/C17H31NO2/c1-5-17(18-20)11-7-13-15(2,3)9-6-10-16(13,4)14(17)8-12-19/h13-14,19H,5-12H2,1-4H3/t13-,14-,16+,17+/m0/s1. The molecule has 1 N–H and O–H groups in total. The first-order valence-electron chi connectivity index (χ1n) is 8.31. The molecule has 2 saturated carbocycles. The Morgan fingerprint density at radius 1 is 1.20 bits per heavy atom. The molecule has 0 aromatic rings. The molecule has 0 aromatic heterocycles. The zero-order chi connectivity index (χ0) is 15.0. The average molecular weight is 281 g/mol. The highest BCUT2D eigenvalue weighted by Gasteiger charge is 2.59. The Kier molecular flexibility index (Phi) is 4.30. The van der Waals surface area contributed by atoms with Crippen molar-refractivity contribution in [1.82, 2.24) is 0 Å². The second kappa shape index (κ2) is 5.40. The van der Waals surface area contributed by atoms with Crippen molar-refractivity contribution in [2.45, 2.75) is 78.2 Å². The summed E-state index contributed by atoms with van der Waals surface area (Å²) in [5.41, 5.74) is 0.0670. The number of aliphatic hydroxyl groups excluding tert-OH is 1. The Hall–Kier alpha value is -0.440. The van der Waals surface area contributed by atoms with Crippen LogP contribution in [0.5, 0.6) is 0 Å². The summed E-state index contributed by atoms with van der Waals surface area (Å²) in [4.78, 5) is 11.6. The van der Waals surface area contributed by atoms with Crippen molar-refractivity contribution >= 4 is 0 Å². The maximum Gasteiger partial charge on any atom is 0.106 e. The molecule has 20 heavy (non-hydrogen) atoms. The highest BCUT2D eigenvalue weighted by atomic mass is 16.3. The van der Waals surface area contributed by atoms with E-state index in [2.05, 4.69) is 32.9 Å². The number of nitrogens with zero attached hydrogens (tertiary/aromatic N) is 1. The van der Waals surface area contributed by atoms with Crippen LogP contribution >= 0.6 is 0 Å². The van der Waals surface area contributed by atoms with Crippen LogP contribution in [0.25, 0.3) is 0 Å². The van der Waals surface area contributed by atoms with Gasteiger partial charge in [0.2, 0.25) is 0 Å². The van der Waals surface area contributed by atoms with Crippen molar-refractivity contribution in [3.63, 3.8) is 0 Å². The fraction of sp³-hybridized carbons (Fsp3) is 1.00. The Morgan fingerprint density at radius 2 is 1.90 bits per heavy atom. The average Bonchev–Trinajstić information content (AvgIpc) is 2.40. The molecule has 0 amide bonds. The van der Waals surface area contributed by atoms with Gasteiger partial charge < -0.3 is 5.11 Å². The smallest absolute Gasteiger partial charge is 0.106 e. The molecule has 116 valence electrons. The van der Waals surface area contributed by atoms with E-state index in [1.165, 1.54) is 19.3 Å². The van der Waals surface area contributed by atoms with Gasteiger partial charge >= 0.3 is 0 Å². The van der Waals surface area contributed by atoms with Crippen LogP contribution < -0.4 is 0 Å². The number of aliphatic hydroxyl groups is 1. The normalized spacial score (nSPS) is 43.9. The lowest BCUT2D eigenvalue weighted by Crippen LogP contribution is -2.57. The summed E-state index contributed by atoms with van der Waals surface area (Å²) in [5, 5.41) is 13.2.